The number of piperidine rings is 1. The number of thiophene rings is 1. The summed E-state index contributed by atoms with van der Waals surface area (Å²) in [6.07, 6.45) is 10.4. The van der Waals surface area contributed by atoms with Crippen LogP contribution in [0.15, 0.2) is 12.1 Å². The number of nitrogens with one attached hydrogen (secondary N) is 1. The summed E-state index contributed by atoms with van der Waals surface area (Å²) >= 11 is 1.91. The van der Waals surface area contributed by atoms with Gasteiger partial charge in [0.15, 0.2) is 0 Å². The first-order chi connectivity index (χ1) is 10.3. The maximum Gasteiger partial charge on any atom is 0.0300 e. The van der Waals surface area contributed by atoms with Crippen LogP contribution in [0.1, 0.15) is 54.7 Å². The van der Waals surface area contributed by atoms with Gasteiger partial charge in [-0.3, -0.25) is 0 Å². The molecule has 0 amide bonds. The molecule has 3 heteroatoms. The van der Waals surface area contributed by atoms with E-state index in [2.05, 4.69) is 29.3 Å². The molecule has 118 valence electrons. The zero-order valence-electron chi connectivity index (χ0n) is 13.5. The highest BCUT2D eigenvalue weighted by atomic mass is 32.1. The molecule has 1 spiro atoms. The van der Waals surface area contributed by atoms with Crippen molar-refractivity contribution in [3.05, 3.63) is 21.9 Å². The molecule has 1 saturated heterocycles. The van der Waals surface area contributed by atoms with Gasteiger partial charge in [0.05, 0.1) is 0 Å². The maximum absolute atomic E-state index is 3.60. The number of rotatable bonds is 5. The molecule has 0 aromatic carbocycles. The van der Waals surface area contributed by atoms with E-state index in [1.165, 1.54) is 74.3 Å². The molecule has 2 aliphatic rings. The number of nitrogens with zero attached hydrogens (tertiary/aromatic N) is 1. The van der Waals surface area contributed by atoms with Crippen LogP contribution in [0.25, 0.3) is 0 Å². The third-order valence-electron chi connectivity index (χ3n) is 5.53. The van der Waals surface area contributed by atoms with Gasteiger partial charge in [0.2, 0.25) is 0 Å². The molecule has 1 aliphatic carbocycles. The highest BCUT2D eigenvalue weighted by molar-refractivity contribution is 7.11. The maximum atomic E-state index is 3.60. The molecule has 1 saturated carbocycles. The normalized spacial score (nSPS) is 22.7. The van der Waals surface area contributed by atoms with Gasteiger partial charge in [-0.05, 0) is 63.2 Å². The second kappa shape index (κ2) is 7.26. The highest BCUT2D eigenvalue weighted by Crippen LogP contribution is 2.44. The molecule has 1 aromatic rings. The first-order valence-electron chi connectivity index (χ1n) is 8.74. The van der Waals surface area contributed by atoms with Crippen LogP contribution >= 0.6 is 11.3 Å². The van der Waals surface area contributed by atoms with E-state index in [9.17, 15) is 0 Å². The summed E-state index contributed by atoms with van der Waals surface area (Å²) in [5.74, 6) is 0. The van der Waals surface area contributed by atoms with Crippen LogP contribution in [0, 0.1) is 12.3 Å². The average molecular weight is 307 g/mol. The summed E-state index contributed by atoms with van der Waals surface area (Å²) in [6.45, 7) is 8.24. The van der Waals surface area contributed by atoms with Gasteiger partial charge >= 0.3 is 0 Å². The Hall–Kier alpha value is -0.380. The summed E-state index contributed by atoms with van der Waals surface area (Å²) in [6, 6.07) is 4.47. The Kier molecular flexibility index (Phi) is 5.36. The molecule has 0 unspecified atom stereocenters. The molecule has 3 rings (SSSR count). The van der Waals surface area contributed by atoms with E-state index in [0.29, 0.717) is 0 Å². The lowest BCUT2D eigenvalue weighted by molar-refractivity contribution is 0.0683. The Morgan fingerprint density at radius 1 is 1.10 bits per heavy atom. The summed E-state index contributed by atoms with van der Waals surface area (Å²) in [5.41, 5.74) is 0.747. The van der Waals surface area contributed by atoms with Gasteiger partial charge in [0.1, 0.15) is 0 Å². The zero-order valence-corrected chi connectivity index (χ0v) is 14.3. The van der Waals surface area contributed by atoms with Crippen LogP contribution in [0.4, 0.5) is 0 Å². The van der Waals surface area contributed by atoms with E-state index >= 15 is 0 Å². The largest absolute Gasteiger partial charge is 0.311 e. The fourth-order valence-corrected chi connectivity index (χ4v) is 4.94. The lowest BCUT2D eigenvalue weighted by Crippen LogP contribution is -2.43. The molecule has 1 aromatic heterocycles. The van der Waals surface area contributed by atoms with Crippen LogP contribution in [-0.2, 0) is 6.54 Å². The second-order valence-electron chi connectivity index (χ2n) is 7.09. The minimum Gasteiger partial charge on any atom is -0.311 e. The third kappa shape index (κ3) is 4.30. The van der Waals surface area contributed by atoms with E-state index in [0.717, 1.165) is 18.5 Å². The predicted octanol–water partition coefficient (Wildman–Crippen LogP) is 4.19. The third-order valence-corrected chi connectivity index (χ3v) is 6.53. The van der Waals surface area contributed by atoms with Gasteiger partial charge in [-0.2, -0.15) is 0 Å². The molecule has 2 nitrogen and oxygen atoms in total. The number of aryl methyl sites for hydroxylation is 1. The molecule has 1 aliphatic heterocycles. The summed E-state index contributed by atoms with van der Waals surface area (Å²) in [5, 5.41) is 3.60. The molecular weight excluding hydrogens is 276 g/mol. The van der Waals surface area contributed by atoms with Gasteiger partial charge in [-0.1, -0.05) is 19.3 Å². The van der Waals surface area contributed by atoms with Crippen molar-refractivity contribution >= 4 is 11.3 Å². The Bertz CT molecular complexity index is 424. The Morgan fingerprint density at radius 2 is 1.86 bits per heavy atom. The van der Waals surface area contributed by atoms with Crippen LogP contribution in [0.5, 0.6) is 0 Å². The van der Waals surface area contributed by atoms with Crippen molar-refractivity contribution in [1.29, 1.82) is 0 Å². The predicted molar refractivity (Wildman–Crippen MR) is 92.0 cm³/mol. The SMILES string of the molecule is Cc1ccc(CNCCN2CCC3(CCCCC3)CC2)s1. The highest BCUT2D eigenvalue weighted by Gasteiger charge is 2.35. The van der Waals surface area contributed by atoms with Gasteiger partial charge in [-0.25, -0.2) is 0 Å². The molecule has 1 N–H and O–H groups in total. The molecule has 0 atom stereocenters. The quantitative estimate of drug-likeness (QED) is 0.821. The fourth-order valence-electron chi connectivity index (χ4n) is 4.08. The topological polar surface area (TPSA) is 15.3 Å². The molecule has 0 radical (unpaired) electrons. The molecule has 21 heavy (non-hydrogen) atoms. The van der Waals surface area contributed by atoms with Crippen molar-refractivity contribution in [3.63, 3.8) is 0 Å². The van der Waals surface area contributed by atoms with Gasteiger partial charge < -0.3 is 10.2 Å². The van der Waals surface area contributed by atoms with Gasteiger partial charge in [-0.15, -0.1) is 11.3 Å². The number of hydrogen-bond donors (Lipinski definition) is 1. The summed E-state index contributed by atoms with van der Waals surface area (Å²) < 4.78 is 0. The minimum atomic E-state index is 0.747. The monoisotopic (exact) mass is 306 g/mol. The van der Waals surface area contributed by atoms with E-state index in [1.54, 1.807) is 0 Å². The van der Waals surface area contributed by atoms with Crippen LogP contribution in [0.2, 0.25) is 0 Å². The summed E-state index contributed by atoms with van der Waals surface area (Å²) in [4.78, 5) is 5.56. The van der Waals surface area contributed by atoms with Crippen molar-refractivity contribution in [3.8, 4) is 0 Å². The van der Waals surface area contributed by atoms with E-state index in [1.807, 2.05) is 11.3 Å². The number of likely N-dealkylation sites (tertiary alicyclic amines) is 1. The van der Waals surface area contributed by atoms with Crippen LogP contribution in [0.3, 0.4) is 0 Å². The smallest absolute Gasteiger partial charge is 0.0300 e. The Balaban J connectivity index is 1.32. The molecule has 0 bridgehead atoms. The van der Waals surface area contributed by atoms with Crippen molar-refractivity contribution in [2.24, 2.45) is 5.41 Å². The zero-order chi connectivity index (χ0) is 14.5. The van der Waals surface area contributed by atoms with Crippen molar-refractivity contribution < 1.29 is 0 Å². The molecule has 2 fully saturated rings. The van der Waals surface area contributed by atoms with Crippen LogP contribution in [-0.4, -0.2) is 31.1 Å². The van der Waals surface area contributed by atoms with Crippen molar-refractivity contribution in [2.45, 2.75) is 58.4 Å². The van der Waals surface area contributed by atoms with Crippen molar-refractivity contribution in [2.75, 3.05) is 26.2 Å². The minimum absolute atomic E-state index is 0.747. The van der Waals surface area contributed by atoms with E-state index in [-0.39, 0.29) is 0 Å². The second-order valence-corrected chi connectivity index (χ2v) is 8.46. The standard InChI is InChI=1S/C18H30N2S/c1-16-5-6-17(21-16)15-19-11-14-20-12-9-18(10-13-20)7-3-2-4-8-18/h5-6,19H,2-4,7-15H2,1H3. The van der Waals surface area contributed by atoms with Crippen LogP contribution < -0.4 is 5.32 Å². The fraction of sp³-hybridized carbons (Fsp3) is 0.778. The summed E-state index contributed by atoms with van der Waals surface area (Å²) in [7, 11) is 0. The van der Waals surface area contributed by atoms with Crippen molar-refractivity contribution in [1.82, 2.24) is 10.2 Å². The Labute approximate surface area is 133 Å². The lowest BCUT2D eigenvalue weighted by atomic mass is 9.68. The van der Waals surface area contributed by atoms with Gasteiger partial charge in [0, 0.05) is 29.4 Å². The first kappa shape index (κ1) is 15.5. The first-order valence-corrected chi connectivity index (χ1v) is 9.56. The van der Waals surface area contributed by atoms with E-state index in [4.69, 9.17) is 0 Å². The Morgan fingerprint density at radius 3 is 2.52 bits per heavy atom. The average Bonchev–Trinajstić information content (AvgIpc) is 2.92. The van der Waals surface area contributed by atoms with E-state index < -0.39 is 0 Å². The lowest BCUT2D eigenvalue weighted by Gasteiger charge is -2.44. The molecule has 2 heterocycles. The number of hydrogen-bond acceptors (Lipinski definition) is 3. The van der Waals surface area contributed by atoms with Gasteiger partial charge in [0.25, 0.3) is 0 Å². The molecular formula is C18H30N2S.